The van der Waals surface area contributed by atoms with Gasteiger partial charge in [-0.15, -0.1) is 11.3 Å². The average molecular weight is 349 g/mol. The molecule has 1 heterocycles. The smallest absolute Gasteiger partial charge is 0.119 e. The second kappa shape index (κ2) is 5.56. The molecule has 1 unspecified atom stereocenters. The SMILES string of the molecule is COc1ccc2cc(C(O)c3ccc(Br)s3)ccc2c1. The van der Waals surface area contributed by atoms with E-state index >= 15 is 0 Å². The molecule has 3 rings (SSSR count). The largest absolute Gasteiger partial charge is 0.497 e. The summed E-state index contributed by atoms with van der Waals surface area (Å²) in [6, 6.07) is 15.8. The Morgan fingerprint density at radius 3 is 2.50 bits per heavy atom. The van der Waals surface area contributed by atoms with E-state index in [0.29, 0.717) is 0 Å². The van der Waals surface area contributed by atoms with Crippen LogP contribution in [0.4, 0.5) is 0 Å². The molecular formula is C16H13BrO2S. The molecule has 0 saturated heterocycles. The van der Waals surface area contributed by atoms with Crippen LogP contribution in [0, 0.1) is 0 Å². The van der Waals surface area contributed by atoms with Gasteiger partial charge in [-0.25, -0.2) is 0 Å². The summed E-state index contributed by atoms with van der Waals surface area (Å²) in [4.78, 5) is 0.935. The van der Waals surface area contributed by atoms with Gasteiger partial charge in [0.25, 0.3) is 0 Å². The number of benzene rings is 2. The number of aliphatic hydroxyl groups excluding tert-OH is 1. The summed E-state index contributed by atoms with van der Waals surface area (Å²) in [6.45, 7) is 0. The van der Waals surface area contributed by atoms with Crippen LogP contribution in [-0.4, -0.2) is 12.2 Å². The van der Waals surface area contributed by atoms with Gasteiger partial charge in [0.2, 0.25) is 0 Å². The third-order valence-corrected chi connectivity index (χ3v) is 4.93. The van der Waals surface area contributed by atoms with Crippen LogP contribution in [0.1, 0.15) is 16.5 Å². The molecule has 1 atom stereocenters. The molecule has 1 aromatic heterocycles. The molecular weight excluding hydrogens is 336 g/mol. The maximum absolute atomic E-state index is 10.4. The molecule has 3 aromatic rings. The highest BCUT2D eigenvalue weighted by Gasteiger charge is 2.13. The zero-order valence-corrected chi connectivity index (χ0v) is 13.2. The number of fused-ring (bicyclic) bond motifs is 1. The number of hydrogen-bond donors (Lipinski definition) is 1. The summed E-state index contributed by atoms with van der Waals surface area (Å²) in [6.07, 6.45) is -0.585. The molecule has 20 heavy (non-hydrogen) atoms. The van der Waals surface area contributed by atoms with Crippen molar-refractivity contribution in [1.29, 1.82) is 0 Å². The van der Waals surface area contributed by atoms with Crippen LogP contribution in [0.3, 0.4) is 0 Å². The summed E-state index contributed by atoms with van der Waals surface area (Å²) in [5.74, 6) is 0.841. The first kappa shape index (κ1) is 13.6. The van der Waals surface area contributed by atoms with Crippen LogP contribution in [-0.2, 0) is 0 Å². The van der Waals surface area contributed by atoms with Crippen molar-refractivity contribution in [2.75, 3.05) is 7.11 Å². The second-order valence-corrected chi connectivity index (χ2v) is 7.01. The number of methoxy groups -OCH3 is 1. The second-order valence-electron chi connectivity index (χ2n) is 4.52. The minimum atomic E-state index is -0.585. The molecule has 2 nitrogen and oxygen atoms in total. The summed E-state index contributed by atoms with van der Waals surface area (Å²) >= 11 is 4.97. The van der Waals surface area contributed by atoms with Gasteiger partial charge < -0.3 is 9.84 Å². The lowest BCUT2D eigenvalue weighted by Gasteiger charge is -2.10. The van der Waals surface area contributed by atoms with E-state index < -0.39 is 6.10 Å². The van der Waals surface area contributed by atoms with Crippen molar-refractivity contribution in [3.05, 3.63) is 62.8 Å². The average Bonchev–Trinajstić information content (AvgIpc) is 2.92. The van der Waals surface area contributed by atoms with E-state index in [9.17, 15) is 5.11 Å². The van der Waals surface area contributed by atoms with E-state index in [1.165, 1.54) is 0 Å². The molecule has 0 aliphatic heterocycles. The minimum absolute atomic E-state index is 0.585. The molecule has 0 radical (unpaired) electrons. The number of thiophene rings is 1. The van der Waals surface area contributed by atoms with E-state index in [1.807, 2.05) is 48.5 Å². The first-order valence-corrected chi connectivity index (χ1v) is 7.79. The van der Waals surface area contributed by atoms with Gasteiger partial charge in [0.1, 0.15) is 11.9 Å². The summed E-state index contributed by atoms with van der Waals surface area (Å²) in [5.41, 5.74) is 0.900. The van der Waals surface area contributed by atoms with E-state index in [-0.39, 0.29) is 0 Å². The summed E-state index contributed by atoms with van der Waals surface area (Å²) in [7, 11) is 1.66. The number of hydrogen-bond acceptors (Lipinski definition) is 3. The normalized spacial score (nSPS) is 12.6. The van der Waals surface area contributed by atoms with Crippen molar-refractivity contribution >= 4 is 38.0 Å². The zero-order valence-electron chi connectivity index (χ0n) is 10.8. The van der Waals surface area contributed by atoms with Gasteiger partial charge in [-0.2, -0.15) is 0 Å². The Morgan fingerprint density at radius 1 is 1.05 bits per heavy atom. The predicted molar refractivity (Wildman–Crippen MR) is 86.6 cm³/mol. The number of ether oxygens (including phenoxy) is 1. The Morgan fingerprint density at radius 2 is 1.80 bits per heavy atom. The molecule has 0 saturated carbocycles. The molecule has 0 bridgehead atoms. The molecule has 2 aromatic carbocycles. The predicted octanol–water partition coefficient (Wildman–Crippen LogP) is 4.75. The Bertz CT molecular complexity index is 751. The lowest BCUT2D eigenvalue weighted by atomic mass is 10.0. The molecule has 4 heteroatoms. The molecule has 0 aliphatic rings. The van der Waals surface area contributed by atoms with Gasteiger partial charge in [0.05, 0.1) is 10.9 Å². The lowest BCUT2D eigenvalue weighted by Crippen LogP contribution is -1.96. The number of aliphatic hydroxyl groups is 1. The summed E-state index contributed by atoms with van der Waals surface area (Å²) in [5, 5.41) is 12.6. The highest BCUT2D eigenvalue weighted by molar-refractivity contribution is 9.11. The first-order valence-electron chi connectivity index (χ1n) is 6.18. The fraction of sp³-hybridized carbons (Fsp3) is 0.125. The zero-order chi connectivity index (χ0) is 14.1. The van der Waals surface area contributed by atoms with Crippen molar-refractivity contribution in [3.63, 3.8) is 0 Å². The van der Waals surface area contributed by atoms with Gasteiger partial charge >= 0.3 is 0 Å². The Labute approximate surface area is 129 Å². The Hall–Kier alpha value is -1.36. The molecule has 0 spiro atoms. The van der Waals surface area contributed by atoms with Crippen molar-refractivity contribution < 1.29 is 9.84 Å². The highest BCUT2D eigenvalue weighted by Crippen LogP contribution is 2.32. The molecule has 102 valence electrons. The van der Waals surface area contributed by atoms with Crippen molar-refractivity contribution in [2.24, 2.45) is 0 Å². The molecule has 0 aliphatic carbocycles. The van der Waals surface area contributed by atoms with E-state index in [4.69, 9.17) is 4.74 Å². The Kier molecular flexibility index (Phi) is 3.78. The van der Waals surface area contributed by atoms with Crippen LogP contribution in [0.15, 0.2) is 52.3 Å². The first-order chi connectivity index (χ1) is 9.67. The van der Waals surface area contributed by atoms with Crippen LogP contribution < -0.4 is 4.74 Å². The van der Waals surface area contributed by atoms with Gasteiger partial charge in [0, 0.05) is 4.88 Å². The maximum Gasteiger partial charge on any atom is 0.119 e. The van der Waals surface area contributed by atoms with Gasteiger partial charge in [0.15, 0.2) is 0 Å². The topological polar surface area (TPSA) is 29.5 Å². The maximum atomic E-state index is 10.4. The Balaban J connectivity index is 2.00. The third kappa shape index (κ3) is 2.59. The van der Waals surface area contributed by atoms with Crippen LogP contribution >= 0.6 is 27.3 Å². The highest BCUT2D eigenvalue weighted by atomic mass is 79.9. The van der Waals surface area contributed by atoms with Gasteiger partial charge in [-0.05, 0) is 62.6 Å². The van der Waals surface area contributed by atoms with Gasteiger partial charge in [-0.3, -0.25) is 0 Å². The summed E-state index contributed by atoms with van der Waals surface area (Å²) < 4.78 is 6.24. The molecule has 1 N–H and O–H groups in total. The minimum Gasteiger partial charge on any atom is -0.497 e. The monoisotopic (exact) mass is 348 g/mol. The quantitative estimate of drug-likeness (QED) is 0.739. The van der Waals surface area contributed by atoms with Gasteiger partial charge in [-0.1, -0.05) is 18.2 Å². The number of halogens is 1. The fourth-order valence-corrected chi connectivity index (χ4v) is 3.62. The van der Waals surface area contributed by atoms with E-state index in [1.54, 1.807) is 18.4 Å². The van der Waals surface area contributed by atoms with Crippen molar-refractivity contribution in [3.8, 4) is 5.75 Å². The molecule has 0 fully saturated rings. The van der Waals surface area contributed by atoms with Crippen LogP contribution in [0.2, 0.25) is 0 Å². The van der Waals surface area contributed by atoms with Crippen molar-refractivity contribution in [1.82, 2.24) is 0 Å². The lowest BCUT2D eigenvalue weighted by molar-refractivity contribution is 0.224. The van der Waals surface area contributed by atoms with E-state index in [2.05, 4.69) is 15.9 Å². The number of rotatable bonds is 3. The third-order valence-electron chi connectivity index (χ3n) is 3.25. The van der Waals surface area contributed by atoms with Crippen LogP contribution in [0.25, 0.3) is 10.8 Å². The standard InChI is InChI=1S/C16H13BrO2S/c1-19-13-5-4-10-8-12(3-2-11(10)9-13)16(18)14-6-7-15(17)20-14/h2-9,16,18H,1H3. The molecule has 0 amide bonds. The van der Waals surface area contributed by atoms with Crippen molar-refractivity contribution in [2.45, 2.75) is 6.10 Å². The fourth-order valence-electron chi connectivity index (χ4n) is 2.18. The van der Waals surface area contributed by atoms with Crippen LogP contribution in [0.5, 0.6) is 5.75 Å². The van der Waals surface area contributed by atoms with E-state index in [0.717, 1.165) is 30.7 Å².